The zero-order chi connectivity index (χ0) is 5.61. The summed E-state index contributed by atoms with van der Waals surface area (Å²) in [6.45, 7) is 1.94. The fraction of sp³-hybridized carbons (Fsp3) is 1.00. The molecule has 2 fully saturated rings. The van der Waals surface area contributed by atoms with Crippen molar-refractivity contribution in [3.63, 3.8) is 0 Å². The lowest BCUT2D eigenvalue weighted by Gasteiger charge is -2.16. The second-order valence-electron chi connectivity index (χ2n) is 2.97. The van der Waals surface area contributed by atoms with Crippen molar-refractivity contribution in [3.05, 3.63) is 0 Å². The maximum Gasteiger partial charge on any atom is 0.0804 e. The first kappa shape index (κ1) is 7.32. The number of hydrogen-bond donors (Lipinski definition) is 2. The zero-order valence-corrected chi connectivity index (χ0v) is 6.08. The van der Waals surface area contributed by atoms with E-state index in [0.717, 1.165) is 19.5 Å². The number of halogens is 1. The monoisotopic (exact) mass is 149 g/mol. The van der Waals surface area contributed by atoms with Gasteiger partial charge in [-0.3, -0.25) is 0 Å². The van der Waals surface area contributed by atoms with Crippen LogP contribution in [0, 0.1) is 5.92 Å². The van der Waals surface area contributed by atoms with E-state index in [2.05, 4.69) is 5.32 Å². The third kappa shape index (κ3) is 1.07. The zero-order valence-electron chi connectivity index (χ0n) is 5.26. The topological polar surface area (TPSA) is 32.3 Å². The highest BCUT2D eigenvalue weighted by atomic mass is 35.5. The first-order valence-electron chi connectivity index (χ1n) is 3.24. The first-order valence-corrected chi connectivity index (χ1v) is 3.24. The quantitative estimate of drug-likeness (QED) is 0.514. The Labute approximate surface area is 61.0 Å². The van der Waals surface area contributed by atoms with Gasteiger partial charge in [-0.15, -0.1) is 12.4 Å². The first-order chi connectivity index (χ1) is 3.81. The lowest BCUT2D eigenvalue weighted by Crippen LogP contribution is -2.35. The van der Waals surface area contributed by atoms with Gasteiger partial charge in [0.25, 0.3) is 0 Å². The third-order valence-electron chi connectivity index (χ3n) is 2.30. The van der Waals surface area contributed by atoms with Crippen LogP contribution in [0.2, 0.25) is 0 Å². The van der Waals surface area contributed by atoms with E-state index in [1.165, 1.54) is 6.42 Å². The van der Waals surface area contributed by atoms with Gasteiger partial charge in [0.05, 0.1) is 5.60 Å². The van der Waals surface area contributed by atoms with Crippen LogP contribution in [0.25, 0.3) is 0 Å². The van der Waals surface area contributed by atoms with Gasteiger partial charge in [-0.25, -0.2) is 0 Å². The number of fused-ring (bicyclic) bond motifs is 1. The lowest BCUT2D eigenvalue weighted by molar-refractivity contribution is 0.114. The molecule has 2 rings (SSSR count). The summed E-state index contributed by atoms with van der Waals surface area (Å²) in [6.07, 6.45) is 2.22. The molecule has 0 spiro atoms. The number of aliphatic hydroxyl groups is 1. The average Bonchev–Trinajstić information content (AvgIpc) is 2.39. The van der Waals surface area contributed by atoms with E-state index in [0.29, 0.717) is 5.92 Å². The van der Waals surface area contributed by atoms with Gasteiger partial charge in [0.2, 0.25) is 0 Å². The maximum absolute atomic E-state index is 9.39. The number of nitrogens with one attached hydrogen (secondary N) is 1. The molecule has 3 heteroatoms. The lowest BCUT2D eigenvalue weighted by atomic mass is 10.1. The Morgan fingerprint density at radius 3 is 2.78 bits per heavy atom. The van der Waals surface area contributed by atoms with Gasteiger partial charge in [-0.05, 0) is 25.3 Å². The summed E-state index contributed by atoms with van der Waals surface area (Å²) in [6, 6.07) is 0. The largest absolute Gasteiger partial charge is 0.388 e. The van der Waals surface area contributed by atoms with Crippen LogP contribution in [-0.2, 0) is 0 Å². The van der Waals surface area contributed by atoms with E-state index < -0.39 is 0 Å². The summed E-state index contributed by atoms with van der Waals surface area (Å²) in [7, 11) is 0. The Kier molecular flexibility index (Phi) is 1.72. The molecule has 2 nitrogen and oxygen atoms in total. The van der Waals surface area contributed by atoms with Crippen LogP contribution in [0.1, 0.15) is 12.8 Å². The normalized spacial score (nSPS) is 47.0. The molecule has 0 bridgehead atoms. The Hall–Kier alpha value is 0.210. The molecule has 0 aromatic carbocycles. The molecule has 9 heavy (non-hydrogen) atoms. The van der Waals surface area contributed by atoms with Crippen LogP contribution in [0.4, 0.5) is 0 Å². The minimum Gasteiger partial charge on any atom is -0.388 e. The summed E-state index contributed by atoms with van der Waals surface area (Å²) >= 11 is 0. The number of β-amino-alcohol motifs (C(OH)–C–C–N with tert-alkyl or cyclic N) is 1. The minimum atomic E-state index is -0.266. The van der Waals surface area contributed by atoms with Crippen molar-refractivity contribution in [2.45, 2.75) is 18.4 Å². The Balaban J connectivity index is 0.000000405. The van der Waals surface area contributed by atoms with Crippen molar-refractivity contribution in [2.75, 3.05) is 13.1 Å². The van der Waals surface area contributed by atoms with Crippen molar-refractivity contribution in [1.29, 1.82) is 0 Å². The molecule has 2 aliphatic rings. The molecule has 0 aromatic rings. The molecule has 1 aliphatic heterocycles. The fourth-order valence-corrected chi connectivity index (χ4v) is 1.54. The van der Waals surface area contributed by atoms with Crippen molar-refractivity contribution in [2.24, 2.45) is 5.92 Å². The van der Waals surface area contributed by atoms with Gasteiger partial charge in [-0.1, -0.05) is 0 Å². The molecule has 2 atom stereocenters. The van der Waals surface area contributed by atoms with Crippen LogP contribution in [-0.4, -0.2) is 23.8 Å². The molecule has 0 amide bonds. The van der Waals surface area contributed by atoms with Gasteiger partial charge in [0.15, 0.2) is 0 Å². The minimum absolute atomic E-state index is 0. The van der Waals surface area contributed by atoms with Crippen LogP contribution >= 0.6 is 12.4 Å². The molecular weight excluding hydrogens is 138 g/mol. The molecule has 0 unspecified atom stereocenters. The second-order valence-corrected chi connectivity index (χ2v) is 2.97. The van der Waals surface area contributed by atoms with Crippen LogP contribution < -0.4 is 5.32 Å². The van der Waals surface area contributed by atoms with Gasteiger partial charge in [0.1, 0.15) is 0 Å². The van der Waals surface area contributed by atoms with Crippen molar-refractivity contribution in [3.8, 4) is 0 Å². The molecule has 1 aliphatic carbocycles. The smallest absolute Gasteiger partial charge is 0.0804 e. The highest BCUT2D eigenvalue weighted by Crippen LogP contribution is 2.46. The summed E-state index contributed by atoms with van der Waals surface area (Å²) in [5.41, 5.74) is -0.266. The Bertz CT molecular complexity index is 118. The number of rotatable bonds is 0. The van der Waals surface area contributed by atoms with Crippen LogP contribution in [0.15, 0.2) is 0 Å². The molecule has 54 valence electrons. The van der Waals surface area contributed by atoms with Crippen molar-refractivity contribution >= 4 is 12.4 Å². The highest BCUT2D eigenvalue weighted by Gasteiger charge is 2.53. The number of hydrogen-bond acceptors (Lipinski definition) is 2. The van der Waals surface area contributed by atoms with Crippen molar-refractivity contribution in [1.82, 2.24) is 5.32 Å². The summed E-state index contributed by atoms with van der Waals surface area (Å²) in [5.74, 6) is 0.642. The van der Waals surface area contributed by atoms with E-state index in [4.69, 9.17) is 0 Å². The van der Waals surface area contributed by atoms with E-state index in [1.54, 1.807) is 0 Å². The van der Waals surface area contributed by atoms with Gasteiger partial charge in [-0.2, -0.15) is 0 Å². The van der Waals surface area contributed by atoms with Gasteiger partial charge < -0.3 is 10.4 Å². The van der Waals surface area contributed by atoms with Gasteiger partial charge in [0, 0.05) is 6.54 Å². The highest BCUT2D eigenvalue weighted by molar-refractivity contribution is 5.85. The average molecular weight is 150 g/mol. The molecule has 0 aromatic heterocycles. The molecule has 1 saturated heterocycles. The summed E-state index contributed by atoms with van der Waals surface area (Å²) in [4.78, 5) is 0. The predicted octanol–water partition coefficient (Wildman–Crippen LogP) is 0.152. The van der Waals surface area contributed by atoms with Crippen molar-refractivity contribution < 1.29 is 5.11 Å². The molecule has 0 radical (unpaired) electrons. The van der Waals surface area contributed by atoms with Crippen LogP contribution in [0.5, 0.6) is 0 Å². The van der Waals surface area contributed by atoms with Crippen LogP contribution in [0.3, 0.4) is 0 Å². The van der Waals surface area contributed by atoms with Gasteiger partial charge >= 0.3 is 0 Å². The van der Waals surface area contributed by atoms with E-state index in [9.17, 15) is 5.11 Å². The fourth-order valence-electron chi connectivity index (χ4n) is 1.54. The molecular formula is C6H12ClNO. The third-order valence-corrected chi connectivity index (χ3v) is 2.30. The predicted molar refractivity (Wildman–Crippen MR) is 37.8 cm³/mol. The van der Waals surface area contributed by atoms with E-state index in [-0.39, 0.29) is 18.0 Å². The number of piperidine rings is 1. The van der Waals surface area contributed by atoms with E-state index >= 15 is 0 Å². The Morgan fingerprint density at radius 1 is 1.56 bits per heavy atom. The van der Waals surface area contributed by atoms with E-state index in [1.807, 2.05) is 0 Å². The second kappa shape index (κ2) is 2.11. The molecule has 2 N–H and O–H groups in total. The maximum atomic E-state index is 9.39. The molecule has 1 saturated carbocycles. The molecule has 1 heterocycles. The SMILES string of the molecule is Cl.O[C@@]12CNCC[C@@H]1C2. The summed E-state index contributed by atoms with van der Waals surface area (Å²) < 4.78 is 0. The summed E-state index contributed by atoms with van der Waals surface area (Å²) in [5, 5.41) is 12.6. The standard InChI is InChI=1S/C6H11NO.ClH/c8-6-3-5(6)1-2-7-4-6;/h5,7-8H,1-4H2;1H/t5-,6+;/m1./s1. The Morgan fingerprint density at radius 2 is 2.33 bits per heavy atom.